The summed E-state index contributed by atoms with van der Waals surface area (Å²) < 4.78 is 0. The molecule has 0 aliphatic heterocycles. The maximum absolute atomic E-state index is 8.96. The highest BCUT2D eigenvalue weighted by Gasteiger charge is 2.11. The summed E-state index contributed by atoms with van der Waals surface area (Å²) in [7, 11) is 4.06. The second kappa shape index (κ2) is 15.3. The van der Waals surface area contributed by atoms with Gasteiger partial charge in [0.05, 0.1) is 50.0 Å². The molecule has 3 rings (SSSR count). The third kappa shape index (κ3) is 7.91. The van der Waals surface area contributed by atoms with Gasteiger partial charge in [0.15, 0.2) is 0 Å². The van der Waals surface area contributed by atoms with E-state index in [0.29, 0.717) is 51.9 Å². The first-order valence-electron chi connectivity index (χ1n) is 13.3. The molecule has 8 nitrogen and oxygen atoms in total. The zero-order valence-electron chi connectivity index (χ0n) is 23.2. The summed E-state index contributed by atoms with van der Waals surface area (Å²) in [6.45, 7) is 2.41. The van der Waals surface area contributed by atoms with E-state index in [2.05, 4.69) is 92.4 Å². The summed E-state index contributed by atoms with van der Waals surface area (Å²) in [5.74, 6) is 0. The molecule has 0 aliphatic rings. The number of hydrogen-bond acceptors (Lipinski definition) is 8. The molecule has 3 aromatic carbocycles. The number of nitriles is 4. The molecule has 3 aromatic rings. The molecule has 8 heteroatoms. The Kier molecular flexibility index (Phi) is 11.2. The van der Waals surface area contributed by atoms with Crippen LogP contribution >= 0.6 is 0 Å². The van der Waals surface area contributed by atoms with E-state index < -0.39 is 0 Å². The number of benzene rings is 3. The number of hydrogen-bond donors (Lipinski definition) is 0. The summed E-state index contributed by atoms with van der Waals surface area (Å²) >= 11 is 0. The van der Waals surface area contributed by atoms with Gasteiger partial charge in [-0.25, -0.2) is 0 Å². The van der Waals surface area contributed by atoms with Crippen LogP contribution in [0, 0.1) is 45.3 Å². The van der Waals surface area contributed by atoms with Crippen LogP contribution in [-0.2, 0) is 0 Å². The van der Waals surface area contributed by atoms with Gasteiger partial charge in [0.2, 0.25) is 0 Å². The van der Waals surface area contributed by atoms with E-state index in [4.69, 9.17) is 21.0 Å². The molecule has 0 aromatic heterocycles. The topological polar surface area (TPSA) is 108 Å². The van der Waals surface area contributed by atoms with Crippen molar-refractivity contribution in [2.45, 2.75) is 25.7 Å². The summed E-state index contributed by atoms with van der Waals surface area (Å²) in [6, 6.07) is 33.4. The molecule has 0 saturated heterocycles. The van der Waals surface area contributed by atoms with Gasteiger partial charge in [0.25, 0.3) is 0 Å². The van der Waals surface area contributed by atoms with E-state index in [1.165, 1.54) is 0 Å². The van der Waals surface area contributed by atoms with Gasteiger partial charge in [-0.3, -0.25) is 0 Å². The molecule has 0 N–H and O–H groups in total. The van der Waals surface area contributed by atoms with Gasteiger partial charge in [-0.2, -0.15) is 21.0 Å². The average molecular weight is 531 g/mol. The lowest BCUT2D eigenvalue weighted by Crippen LogP contribution is -2.25. The standard InChI is InChI=1S/C32H34N8/c1-37(29-11-15-31(16-12-29)39(23-3-19-33)24-4-20-34)27-7-9-28(10-8-27)38(2)30-13-17-32(18-14-30)40(25-5-21-35)26-6-22-36/h7-18H,3-6,23-26H2,1-2H3. The van der Waals surface area contributed by atoms with E-state index in [1.54, 1.807) is 0 Å². The van der Waals surface area contributed by atoms with Crippen molar-refractivity contribution >= 4 is 34.1 Å². The molecule has 202 valence electrons. The van der Waals surface area contributed by atoms with Crippen molar-refractivity contribution in [1.82, 2.24) is 0 Å². The predicted molar refractivity (Wildman–Crippen MR) is 161 cm³/mol. The van der Waals surface area contributed by atoms with Crippen molar-refractivity contribution in [2.75, 3.05) is 59.9 Å². The molecular formula is C32H34N8. The predicted octanol–water partition coefficient (Wildman–Crippen LogP) is 6.49. The first-order chi connectivity index (χ1) is 19.5. The molecule has 0 atom stereocenters. The largest absolute Gasteiger partial charge is 0.369 e. The lowest BCUT2D eigenvalue weighted by molar-refractivity contribution is 0.796. The van der Waals surface area contributed by atoms with Gasteiger partial charge in [0, 0.05) is 74.4 Å². The number of rotatable bonds is 14. The lowest BCUT2D eigenvalue weighted by atomic mass is 10.2. The molecule has 0 saturated carbocycles. The molecule has 0 aliphatic carbocycles. The highest BCUT2D eigenvalue weighted by molar-refractivity contribution is 5.70. The van der Waals surface area contributed by atoms with E-state index in [0.717, 1.165) is 34.1 Å². The fourth-order valence-corrected chi connectivity index (χ4v) is 4.45. The molecule has 40 heavy (non-hydrogen) atoms. The zero-order chi connectivity index (χ0) is 28.7. The Morgan fingerprint density at radius 2 is 0.600 bits per heavy atom. The number of anilines is 6. The fourth-order valence-electron chi connectivity index (χ4n) is 4.45. The third-order valence-corrected chi connectivity index (χ3v) is 6.80. The normalized spacial score (nSPS) is 9.95. The summed E-state index contributed by atoms with van der Waals surface area (Å²) in [4.78, 5) is 8.38. The van der Waals surface area contributed by atoms with Crippen molar-refractivity contribution in [3.05, 3.63) is 72.8 Å². The minimum absolute atomic E-state index is 0.418. The minimum Gasteiger partial charge on any atom is -0.369 e. The van der Waals surface area contributed by atoms with Crippen LogP contribution in [0.25, 0.3) is 0 Å². The Bertz CT molecular complexity index is 1230. The van der Waals surface area contributed by atoms with Gasteiger partial charge in [-0.15, -0.1) is 0 Å². The van der Waals surface area contributed by atoms with Gasteiger partial charge in [-0.05, 0) is 72.8 Å². The van der Waals surface area contributed by atoms with Crippen molar-refractivity contribution in [2.24, 2.45) is 0 Å². The summed E-state index contributed by atoms with van der Waals surface area (Å²) in [6.07, 6.45) is 1.67. The first kappa shape index (κ1) is 29.4. The van der Waals surface area contributed by atoms with E-state index >= 15 is 0 Å². The quantitative estimate of drug-likeness (QED) is 0.233. The van der Waals surface area contributed by atoms with E-state index in [9.17, 15) is 0 Å². The molecule has 0 bridgehead atoms. The Balaban J connectivity index is 1.68. The van der Waals surface area contributed by atoms with Crippen molar-refractivity contribution in [1.29, 1.82) is 21.0 Å². The average Bonchev–Trinajstić information content (AvgIpc) is 3.01. The third-order valence-electron chi connectivity index (χ3n) is 6.80. The molecular weight excluding hydrogens is 496 g/mol. The highest BCUT2D eigenvalue weighted by Crippen LogP contribution is 2.31. The van der Waals surface area contributed by atoms with Crippen LogP contribution in [0.2, 0.25) is 0 Å². The second-order valence-electron chi connectivity index (χ2n) is 9.27. The molecule has 0 heterocycles. The van der Waals surface area contributed by atoms with Crippen LogP contribution in [0.3, 0.4) is 0 Å². The highest BCUT2D eigenvalue weighted by atomic mass is 15.1. The first-order valence-corrected chi connectivity index (χ1v) is 13.3. The Hall–Kier alpha value is -5.18. The van der Waals surface area contributed by atoms with Crippen LogP contribution in [-0.4, -0.2) is 40.3 Å². The van der Waals surface area contributed by atoms with Crippen molar-refractivity contribution in [3.63, 3.8) is 0 Å². The van der Waals surface area contributed by atoms with E-state index in [-0.39, 0.29) is 0 Å². The monoisotopic (exact) mass is 530 g/mol. The smallest absolute Gasteiger partial charge is 0.0640 e. The molecule has 0 unspecified atom stereocenters. The van der Waals surface area contributed by atoms with Gasteiger partial charge in [0.1, 0.15) is 0 Å². The SMILES string of the molecule is CN(c1ccc(N(CCC#N)CCC#N)cc1)c1ccc(N(C)c2ccc(N(CCC#N)CCC#N)cc2)cc1. The van der Waals surface area contributed by atoms with Crippen LogP contribution < -0.4 is 19.6 Å². The van der Waals surface area contributed by atoms with Gasteiger partial charge >= 0.3 is 0 Å². The minimum atomic E-state index is 0.418. The summed E-state index contributed by atoms with van der Waals surface area (Å²) in [5.41, 5.74) is 6.19. The molecule has 0 fully saturated rings. The van der Waals surface area contributed by atoms with Gasteiger partial charge < -0.3 is 19.6 Å². The maximum Gasteiger partial charge on any atom is 0.0640 e. The number of nitrogens with zero attached hydrogens (tertiary/aromatic N) is 8. The van der Waals surface area contributed by atoms with Crippen molar-refractivity contribution in [3.8, 4) is 24.3 Å². The molecule has 0 spiro atoms. The van der Waals surface area contributed by atoms with Crippen molar-refractivity contribution < 1.29 is 0 Å². The maximum atomic E-state index is 8.96. The lowest BCUT2D eigenvalue weighted by Gasteiger charge is -2.26. The Labute approximate surface area is 237 Å². The fraction of sp³-hybridized carbons (Fsp3) is 0.312. The molecule has 0 radical (unpaired) electrons. The molecule has 0 amide bonds. The Morgan fingerprint density at radius 1 is 0.400 bits per heavy atom. The Morgan fingerprint density at radius 3 is 0.800 bits per heavy atom. The van der Waals surface area contributed by atoms with Crippen LogP contribution in [0.1, 0.15) is 25.7 Å². The van der Waals surface area contributed by atoms with Crippen LogP contribution in [0.4, 0.5) is 34.1 Å². The van der Waals surface area contributed by atoms with Gasteiger partial charge in [-0.1, -0.05) is 0 Å². The zero-order valence-corrected chi connectivity index (χ0v) is 23.2. The summed E-state index contributed by atoms with van der Waals surface area (Å²) in [5, 5.41) is 35.8. The van der Waals surface area contributed by atoms with Crippen LogP contribution in [0.15, 0.2) is 72.8 Å². The second-order valence-corrected chi connectivity index (χ2v) is 9.27. The van der Waals surface area contributed by atoms with Crippen LogP contribution in [0.5, 0.6) is 0 Å². The van der Waals surface area contributed by atoms with E-state index in [1.807, 2.05) is 38.4 Å².